The molecule has 0 bridgehead atoms. The predicted molar refractivity (Wildman–Crippen MR) is 134 cm³/mol. The van der Waals surface area contributed by atoms with Crippen LogP contribution in [0.5, 0.6) is 5.75 Å². The van der Waals surface area contributed by atoms with Gasteiger partial charge in [-0.3, -0.25) is 19.7 Å². The van der Waals surface area contributed by atoms with Gasteiger partial charge in [0.05, 0.1) is 40.5 Å². The molecule has 3 aromatic rings. The summed E-state index contributed by atoms with van der Waals surface area (Å²) < 4.78 is 48.1. The zero-order valence-corrected chi connectivity index (χ0v) is 21.5. The van der Waals surface area contributed by atoms with Gasteiger partial charge in [-0.05, 0) is 29.7 Å². The smallest absolute Gasteiger partial charge is 0.328 e. The summed E-state index contributed by atoms with van der Waals surface area (Å²) in [6, 6.07) is 5.75. The highest BCUT2D eigenvalue weighted by molar-refractivity contribution is 7.92. The average molecular weight is 521 g/mol. The number of sulfonamides is 1. The van der Waals surface area contributed by atoms with Gasteiger partial charge in [-0.2, -0.15) is 0 Å². The summed E-state index contributed by atoms with van der Waals surface area (Å²) in [7, 11) is -2.03. The number of urea groups is 1. The van der Waals surface area contributed by atoms with E-state index in [0.717, 1.165) is 6.26 Å². The van der Waals surface area contributed by atoms with Gasteiger partial charge in [0.15, 0.2) is 5.82 Å². The molecule has 3 amide bonds. The molecule has 0 radical (unpaired) electrons. The second-order valence-corrected chi connectivity index (χ2v) is 12.0. The lowest BCUT2D eigenvalue weighted by atomic mass is 9.84. The topological polar surface area (TPSA) is 118 Å². The Morgan fingerprint density at radius 1 is 1.23 bits per heavy atom. The van der Waals surface area contributed by atoms with Crippen LogP contribution < -0.4 is 19.7 Å². The minimum Gasteiger partial charge on any atom is -0.496 e. The van der Waals surface area contributed by atoms with Crippen LogP contribution in [-0.4, -0.2) is 45.3 Å². The molecule has 4 rings (SSSR count). The van der Waals surface area contributed by atoms with Gasteiger partial charge in [-0.15, -0.1) is 11.3 Å². The fourth-order valence-corrected chi connectivity index (χ4v) is 5.43. The lowest BCUT2D eigenvalue weighted by molar-refractivity contribution is -0.120. The van der Waals surface area contributed by atoms with E-state index < -0.39 is 33.2 Å². The summed E-state index contributed by atoms with van der Waals surface area (Å²) in [4.78, 5) is 30.0. The van der Waals surface area contributed by atoms with Crippen molar-refractivity contribution in [3.8, 4) is 16.3 Å². The summed E-state index contributed by atoms with van der Waals surface area (Å²) in [5.41, 5.74) is 1.11. The molecule has 0 saturated carbocycles. The van der Waals surface area contributed by atoms with E-state index >= 15 is 4.39 Å². The van der Waals surface area contributed by atoms with E-state index in [2.05, 4.69) is 15.0 Å². The molecule has 1 saturated heterocycles. The maximum atomic E-state index is 16.1. The summed E-state index contributed by atoms with van der Waals surface area (Å²) in [6.07, 6.45) is 1.10. The van der Waals surface area contributed by atoms with Crippen molar-refractivity contribution in [2.45, 2.75) is 32.6 Å². The molecule has 1 aromatic heterocycles. The fourth-order valence-electron chi connectivity index (χ4n) is 3.89. The Morgan fingerprint density at radius 3 is 2.54 bits per heavy atom. The SMILES string of the molecule is COc1c(C(C)(C)C)cc(N2CCC(=O)NC2=O)c(F)c1-c1nc2cc(NS(C)(=O)=O)ccc2s1. The van der Waals surface area contributed by atoms with E-state index in [1.165, 1.54) is 23.3 Å². The first-order chi connectivity index (χ1) is 16.3. The van der Waals surface area contributed by atoms with Crippen molar-refractivity contribution in [1.82, 2.24) is 10.3 Å². The van der Waals surface area contributed by atoms with Crippen LogP contribution in [0, 0.1) is 5.82 Å². The van der Waals surface area contributed by atoms with E-state index in [1.54, 1.807) is 24.3 Å². The number of hydrogen-bond donors (Lipinski definition) is 2. The first-order valence-electron chi connectivity index (χ1n) is 10.7. The predicted octanol–water partition coefficient (Wildman–Crippen LogP) is 4.23. The van der Waals surface area contributed by atoms with Crippen molar-refractivity contribution in [3.63, 3.8) is 0 Å². The Balaban J connectivity index is 1.94. The maximum absolute atomic E-state index is 16.1. The Labute approximate surface area is 206 Å². The highest BCUT2D eigenvalue weighted by Gasteiger charge is 2.33. The minimum atomic E-state index is -3.48. The van der Waals surface area contributed by atoms with E-state index in [4.69, 9.17) is 4.74 Å². The van der Waals surface area contributed by atoms with Crippen LogP contribution in [-0.2, 0) is 20.2 Å². The highest BCUT2D eigenvalue weighted by Crippen LogP contribution is 2.47. The molecule has 186 valence electrons. The molecule has 12 heteroatoms. The van der Waals surface area contributed by atoms with Crippen molar-refractivity contribution in [2.75, 3.05) is 29.5 Å². The zero-order valence-electron chi connectivity index (χ0n) is 19.9. The number of thiazole rings is 1. The number of halogens is 1. The first-order valence-corrected chi connectivity index (χ1v) is 13.4. The summed E-state index contributed by atoms with van der Waals surface area (Å²) in [5.74, 6) is -0.824. The first kappa shape index (κ1) is 24.9. The van der Waals surface area contributed by atoms with Crippen molar-refractivity contribution in [1.29, 1.82) is 0 Å². The normalized spacial score (nSPS) is 14.9. The number of fused-ring (bicyclic) bond motifs is 1. The van der Waals surface area contributed by atoms with Crippen molar-refractivity contribution in [3.05, 3.63) is 35.6 Å². The zero-order chi connectivity index (χ0) is 25.7. The largest absolute Gasteiger partial charge is 0.496 e. The number of amides is 3. The third kappa shape index (κ3) is 4.94. The van der Waals surface area contributed by atoms with Gasteiger partial charge in [0, 0.05) is 18.5 Å². The highest BCUT2D eigenvalue weighted by atomic mass is 32.2. The number of methoxy groups -OCH3 is 1. The number of benzene rings is 2. The fraction of sp³-hybridized carbons (Fsp3) is 0.348. The third-order valence-corrected chi connectivity index (χ3v) is 7.12. The van der Waals surface area contributed by atoms with Crippen LogP contribution in [0.1, 0.15) is 32.8 Å². The number of rotatable bonds is 5. The van der Waals surface area contributed by atoms with Crippen LogP contribution in [0.25, 0.3) is 20.8 Å². The lowest BCUT2D eigenvalue weighted by Gasteiger charge is -2.31. The molecule has 2 heterocycles. The van der Waals surface area contributed by atoms with Gasteiger partial charge >= 0.3 is 6.03 Å². The van der Waals surface area contributed by atoms with E-state index in [9.17, 15) is 18.0 Å². The number of carbonyl (C=O) groups excluding carboxylic acids is 2. The Hall–Kier alpha value is -3.25. The lowest BCUT2D eigenvalue weighted by Crippen LogP contribution is -2.50. The molecule has 2 aromatic carbocycles. The van der Waals surface area contributed by atoms with Crippen LogP contribution in [0.15, 0.2) is 24.3 Å². The average Bonchev–Trinajstić information content (AvgIpc) is 3.14. The summed E-state index contributed by atoms with van der Waals surface area (Å²) in [5, 5.41) is 2.54. The summed E-state index contributed by atoms with van der Waals surface area (Å²) >= 11 is 1.22. The number of carbonyl (C=O) groups is 2. The molecule has 1 aliphatic rings. The number of anilines is 2. The van der Waals surface area contributed by atoms with Gasteiger partial charge in [0.25, 0.3) is 0 Å². The van der Waals surface area contributed by atoms with Gasteiger partial charge in [-0.1, -0.05) is 20.8 Å². The van der Waals surface area contributed by atoms with Crippen LogP contribution in [0.4, 0.5) is 20.6 Å². The van der Waals surface area contributed by atoms with E-state index in [1.807, 2.05) is 20.8 Å². The number of ether oxygens (including phenoxy) is 1. The molecular weight excluding hydrogens is 495 g/mol. The molecule has 0 atom stereocenters. The van der Waals surface area contributed by atoms with Gasteiger partial charge in [0.1, 0.15) is 10.8 Å². The van der Waals surface area contributed by atoms with E-state index in [0.29, 0.717) is 32.2 Å². The standard InChI is InChI=1S/C23H25FN4O5S2/c1-23(2,3)13-11-15(28-9-8-17(29)26-22(28)30)19(24)18(20(13)33-4)21-25-14-10-12(27-35(5,31)32)6-7-16(14)34-21/h6-7,10-11,27H,8-9H2,1-5H3,(H,26,29,30). The Kier molecular flexibility index (Phi) is 6.22. The van der Waals surface area contributed by atoms with Crippen molar-refractivity contribution in [2.24, 2.45) is 0 Å². The third-order valence-electron chi connectivity index (χ3n) is 5.46. The quantitative estimate of drug-likeness (QED) is 0.520. The molecule has 35 heavy (non-hydrogen) atoms. The van der Waals surface area contributed by atoms with Crippen LogP contribution in [0.2, 0.25) is 0 Å². The molecule has 2 N–H and O–H groups in total. The van der Waals surface area contributed by atoms with Crippen molar-refractivity contribution >= 4 is 54.9 Å². The Bertz CT molecular complexity index is 1460. The monoisotopic (exact) mass is 520 g/mol. The number of nitrogens with zero attached hydrogens (tertiary/aromatic N) is 2. The molecule has 1 fully saturated rings. The number of hydrogen-bond acceptors (Lipinski definition) is 7. The molecule has 0 unspecified atom stereocenters. The van der Waals surface area contributed by atoms with Crippen LogP contribution >= 0.6 is 11.3 Å². The second-order valence-electron chi connectivity index (χ2n) is 9.25. The number of nitrogens with one attached hydrogen (secondary N) is 2. The molecule has 0 spiro atoms. The maximum Gasteiger partial charge on any atom is 0.328 e. The number of aromatic nitrogens is 1. The molecule has 9 nitrogen and oxygen atoms in total. The molecule has 1 aliphatic heterocycles. The second kappa shape index (κ2) is 8.76. The van der Waals surface area contributed by atoms with Gasteiger partial charge < -0.3 is 4.74 Å². The molecular formula is C23H25FN4O5S2. The van der Waals surface area contributed by atoms with Gasteiger partial charge in [-0.25, -0.2) is 22.6 Å². The molecule has 0 aliphatic carbocycles. The van der Waals surface area contributed by atoms with Gasteiger partial charge in [0.2, 0.25) is 15.9 Å². The van der Waals surface area contributed by atoms with Crippen LogP contribution in [0.3, 0.4) is 0 Å². The van der Waals surface area contributed by atoms with E-state index in [-0.39, 0.29) is 24.2 Å². The number of imide groups is 1. The Morgan fingerprint density at radius 2 is 1.94 bits per heavy atom. The van der Waals surface area contributed by atoms with Crippen molar-refractivity contribution < 1.29 is 27.1 Å². The minimum absolute atomic E-state index is 0.0226. The summed E-state index contributed by atoms with van der Waals surface area (Å²) in [6.45, 7) is 5.87.